The molecule has 0 spiro atoms. The van der Waals surface area contributed by atoms with Crippen LogP contribution in [-0.2, 0) is 23.6 Å². The van der Waals surface area contributed by atoms with Crippen LogP contribution in [0.15, 0.2) is 16.2 Å². The zero-order valence-electron chi connectivity index (χ0n) is 13.1. The predicted molar refractivity (Wildman–Crippen MR) is 81.6 cm³/mol. The highest BCUT2D eigenvalue weighted by atomic mass is 16.5. The van der Waals surface area contributed by atoms with Crippen LogP contribution in [0.1, 0.15) is 6.92 Å². The van der Waals surface area contributed by atoms with Crippen LogP contribution in [0.5, 0.6) is 0 Å². The number of aryl methyl sites for hydroxylation is 1. The van der Waals surface area contributed by atoms with Gasteiger partial charge < -0.3 is 9.64 Å². The number of hydrogen-bond donors (Lipinski definition) is 0. The summed E-state index contributed by atoms with van der Waals surface area (Å²) in [5, 5.41) is 0. The molecule has 0 N–H and O–H groups in total. The summed E-state index contributed by atoms with van der Waals surface area (Å²) < 4.78 is 8.51. The lowest BCUT2D eigenvalue weighted by atomic mass is 10.5. The summed E-state index contributed by atoms with van der Waals surface area (Å²) in [6.07, 6.45) is 0. The molecule has 22 heavy (non-hydrogen) atoms. The number of carbonyl (C=O) groups excluding carboxylic acids is 1. The third-order valence-electron chi connectivity index (χ3n) is 3.15. The van der Waals surface area contributed by atoms with E-state index in [-0.39, 0.29) is 17.0 Å². The van der Waals surface area contributed by atoms with Gasteiger partial charge in [0, 0.05) is 35.1 Å². The van der Waals surface area contributed by atoms with Crippen molar-refractivity contribution in [2.45, 2.75) is 6.92 Å². The molecule has 0 aliphatic rings. The molecular formula is C13H17N5O4. The minimum atomic E-state index is -0.571. The lowest BCUT2D eigenvalue weighted by molar-refractivity contribution is -0.134. The predicted octanol–water partition coefficient (Wildman–Crippen LogP) is -0.509. The van der Waals surface area contributed by atoms with Crippen LogP contribution in [0.2, 0.25) is 0 Å². The van der Waals surface area contributed by atoms with Crippen molar-refractivity contribution in [1.82, 2.24) is 18.7 Å². The van der Waals surface area contributed by atoms with Crippen LogP contribution in [0.25, 0.3) is 17.0 Å². The molecule has 0 aliphatic heterocycles. The Bertz CT molecular complexity index is 900. The number of nitrogens with zero attached hydrogens (tertiary/aromatic N) is 5. The number of rotatable bonds is 3. The first-order valence-electron chi connectivity index (χ1n) is 6.40. The number of imidazole rings is 1. The van der Waals surface area contributed by atoms with Crippen molar-refractivity contribution in [3.05, 3.63) is 27.4 Å². The van der Waals surface area contributed by atoms with E-state index in [1.807, 2.05) is 0 Å². The second-order valence-corrected chi connectivity index (χ2v) is 5.01. The lowest BCUT2D eigenvalue weighted by Gasteiger charge is -2.15. The van der Waals surface area contributed by atoms with Gasteiger partial charge in [-0.2, -0.15) is 4.98 Å². The molecule has 0 saturated heterocycles. The molecule has 0 amide bonds. The summed E-state index contributed by atoms with van der Waals surface area (Å²) in [6, 6.07) is 0. The first-order chi connectivity index (χ1) is 10.2. The van der Waals surface area contributed by atoms with Gasteiger partial charge in [0.1, 0.15) is 0 Å². The maximum absolute atomic E-state index is 12.4. The van der Waals surface area contributed by atoms with Crippen molar-refractivity contribution in [3.63, 3.8) is 0 Å². The van der Waals surface area contributed by atoms with E-state index in [2.05, 4.69) is 11.6 Å². The average Bonchev–Trinajstić information content (AvgIpc) is 2.82. The molecule has 0 aromatic carbocycles. The van der Waals surface area contributed by atoms with E-state index in [4.69, 9.17) is 4.74 Å². The van der Waals surface area contributed by atoms with E-state index in [9.17, 15) is 14.4 Å². The number of esters is 1. The zero-order valence-corrected chi connectivity index (χ0v) is 13.1. The molecule has 118 valence electrons. The molecule has 0 bridgehead atoms. The monoisotopic (exact) mass is 307 g/mol. The average molecular weight is 307 g/mol. The fourth-order valence-corrected chi connectivity index (χ4v) is 2.13. The summed E-state index contributed by atoms with van der Waals surface area (Å²) in [4.78, 5) is 41.5. The molecule has 0 aliphatic carbocycles. The third kappa shape index (κ3) is 2.20. The topological polar surface area (TPSA) is 91.4 Å². The molecular weight excluding hydrogens is 290 g/mol. The molecule has 2 heterocycles. The molecule has 0 atom stereocenters. The molecule has 9 heteroatoms. The van der Waals surface area contributed by atoms with Gasteiger partial charge in [-0.25, -0.2) is 9.36 Å². The number of fused-ring (bicyclic) bond motifs is 1. The lowest BCUT2D eigenvalue weighted by Crippen LogP contribution is -2.37. The summed E-state index contributed by atoms with van der Waals surface area (Å²) >= 11 is 0. The van der Waals surface area contributed by atoms with Gasteiger partial charge in [-0.15, -0.1) is 0 Å². The zero-order chi connectivity index (χ0) is 16.8. The van der Waals surface area contributed by atoms with Crippen LogP contribution >= 0.6 is 0 Å². The second-order valence-electron chi connectivity index (χ2n) is 5.01. The molecule has 0 fully saturated rings. The van der Waals surface area contributed by atoms with Crippen LogP contribution in [-0.4, -0.2) is 38.7 Å². The highest BCUT2D eigenvalue weighted by Crippen LogP contribution is 2.22. The van der Waals surface area contributed by atoms with Crippen molar-refractivity contribution in [2.75, 3.05) is 19.0 Å². The number of anilines is 1. The Morgan fingerprint density at radius 2 is 1.82 bits per heavy atom. The van der Waals surface area contributed by atoms with E-state index in [0.717, 1.165) is 4.57 Å². The van der Waals surface area contributed by atoms with Crippen molar-refractivity contribution in [3.8, 4) is 0 Å². The van der Waals surface area contributed by atoms with Gasteiger partial charge >= 0.3 is 11.7 Å². The minimum absolute atomic E-state index is 0.0607. The Morgan fingerprint density at radius 3 is 2.32 bits per heavy atom. The maximum Gasteiger partial charge on any atom is 0.332 e. The van der Waals surface area contributed by atoms with Gasteiger partial charge in [0.15, 0.2) is 11.2 Å². The van der Waals surface area contributed by atoms with Gasteiger partial charge in [-0.05, 0) is 6.58 Å². The molecule has 2 aromatic rings. The highest BCUT2D eigenvalue weighted by molar-refractivity contribution is 5.81. The van der Waals surface area contributed by atoms with Gasteiger partial charge in [-0.3, -0.25) is 18.7 Å². The van der Waals surface area contributed by atoms with Crippen molar-refractivity contribution in [2.24, 2.45) is 14.1 Å². The summed E-state index contributed by atoms with van der Waals surface area (Å²) in [5.74, 6) is -0.313. The number of aromatic nitrogens is 4. The molecule has 2 aromatic heterocycles. The fraction of sp³-hybridized carbons (Fsp3) is 0.385. The Morgan fingerprint density at radius 1 is 1.23 bits per heavy atom. The van der Waals surface area contributed by atoms with Gasteiger partial charge in [0.25, 0.3) is 5.56 Å². The number of carbonyl (C=O) groups is 1. The minimum Gasteiger partial charge on any atom is -0.410 e. The molecule has 0 saturated carbocycles. The van der Waals surface area contributed by atoms with E-state index in [0.29, 0.717) is 5.95 Å². The maximum atomic E-state index is 12.4. The molecule has 9 nitrogen and oxygen atoms in total. The van der Waals surface area contributed by atoms with E-state index >= 15 is 0 Å². The van der Waals surface area contributed by atoms with E-state index < -0.39 is 17.2 Å². The quantitative estimate of drug-likeness (QED) is 0.560. The summed E-state index contributed by atoms with van der Waals surface area (Å²) in [5.41, 5.74) is -0.748. The summed E-state index contributed by atoms with van der Waals surface area (Å²) in [6.45, 7) is 4.90. The van der Waals surface area contributed by atoms with Gasteiger partial charge in [0.05, 0.1) is 0 Å². The van der Waals surface area contributed by atoms with Crippen LogP contribution in [0.4, 0.5) is 5.95 Å². The Labute approximate surface area is 125 Å². The van der Waals surface area contributed by atoms with Crippen molar-refractivity contribution in [1.29, 1.82) is 0 Å². The summed E-state index contributed by atoms with van der Waals surface area (Å²) in [7, 11) is 6.30. The third-order valence-corrected chi connectivity index (χ3v) is 3.15. The first-order valence-corrected chi connectivity index (χ1v) is 6.40. The van der Waals surface area contributed by atoms with Crippen LogP contribution in [0, 0.1) is 0 Å². The highest BCUT2D eigenvalue weighted by Gasteiger charge is 2.22. The van der Waals surface area contributed by atoms with Crippen molar-refractivity contribution < 1.29 is 9.53 Å². The first kappa shape index (κ1) is 15.5. The van der Waals surface area contributed by atoms with Crippen LogP contribution in [0.3, 0.4) is 0 Å². The Hall–Kier alpha value is -2.84. The van der Waals surface area contributed by atoms with Gasteiger partial charge in [-0.1, -0.05) is 0 Å². The molecule has 0 radical (unpaired) electrons. The standard InChI is InChI=1S/C13H17N5O4/c1-7(22-8(2)19)18-9-10(14-12(18)15(3)4)16(5)13(21)17(6)11(9)20/h1H2,2-6H3. The SMILES string of the molecule is C=C(OC(C)=O)n1c(N(C)C)nc2c1c(=O)n(C)c(=O)n2C. The van der Waals surface area contributed by atoms with E-state index in [1.54, 1.807) is 19.0 Å². The second kappa shape index (κ2) is 5.17. The Balaban J connectivity index is 2.97. The van der Waals surface area contributed by atoms with E-state index in [1.165, 1.54) is 30.2 Å². The van der Waals surface area contributed by atoms with Crippen LogP contribution < -0.4 is 16.1 Å². The smallest absolute Gasteiger partial charge is 0.332 e. The fourth-order valence-electron chi connectivity index (χ4n) is 2.13. The normalized spacial score (nSPS) is 10.8. The Kier molecular flexibility index (Phi) is 3.65. The number of ether oxygens (including phenoxy) is 1. The van der Waals surface area contributed by atoms with Crippen molar-refractivity contribution >= 4 is 29.0 Å². The largest absolute Gasteiger partial charge is 0.410 e. The molecule has 2 rings (SSSR count). The van der Waals surface area contributed by atoms with Gasteiger partial charge in [0.2, 0.25) is 11.8 Å². The number of hydrogen-bond acceptors (Lipinski definition) is 6. The molecule has 0 unspecified atom stereocenters.